The van der Waals surface area contributed by atoms with E-state index in [1.807, 2.05) is 25.1 Å². The number of aromatic hydroxyl groups is 1. The molecule has 0 radical (unpaired) electrons. The number of rotatable bonds is 6. The number of ether oxygens (including phenoxy) is 1. The van der Waals surface area contributed by atoms with Gasteiger partial charge in [0.05, 0.1) is 5.71 Å². The van der Waals surface area contributed by atoms with Crippen molar-refractivity contribution in [2.45, 2.75) is 33.6 Å². The van der Waals surface area contributed by atoms with Crippen molar-refractivity contribution in [3.8, 4) is 11.5 Å². The van der Waals surface area contributed by atoms with Gasteiger partial charge in [-0.2, -0.15) is 5.10 Å². The van der Waals surface area contributed by atoms with Crippen LogP contribution in [0.25, 0.3) is 0 Å². The van der Waals surface area contributed by atoms with Gasteiger partial charge < -0.3 is 9.84 Å². The van der Waals surface area contributed by atoms with E-state index in [4.69, 9.17) is 4.74 Å². The topological polar surface area (TPSA) is 70.9 Å². The van der Waals surface area contributed by atoms with Crippen LogP contribution in [0.3, 0.4) is 0 Å². The van der Waals surface area contributed by atoms with Crippen LogP contribution in [0.4, 0.5) is 0 Å². The molecule has 0 aliphatic rings. The van der Waals surface area contributed by atoms with Crippen molar-refractivity contribution in [1.29, 1.82) is 0 Å². The van der Waals surface area contributed by atoms with E-state index in [0.717, 1.165) is 11.1 Å². The minimum atomic E-state index is -0.356. The number of amides is 1. The van der Waals surface area contributed by atoms with E-state index >= 15 is 0 Å². The van der Waals surface area contributed by atoms with Gasteiger partial charge in [0, 0.05) is 5.56 Å². The molecule has 2 aromatic rings. The van der Waals surface area contributed by atoms with Crippen molar-refractivity contribution in [3.05, 3.63) is 59.2 Å². The van der Waals surface area contributed by atoms with Gasteiger partial charge in [0.15, 0.2) is 6.61 Å². The Balaban J connectivity index is 1.99. The van der Waals surface area contributed by atoms with Gasteiger partial charge in [-0.25, -0.2) is 5.43 Å². The van der Waals surface area contributed by atoms with Crippen molar-refractivity contribution in [2.24, 2.45) is 5.10 Å². The number of benzene rings is 2. The summed E-state index contributed by atoms with van der Waals surface area (Å²) in [6, 6.07) is 12.8. The van der Waals surface area contributed by atoms with Crippen LogP contribution >= 0.6 is 0 Å². The van der Waals surface area contributed by atoms with Crippen LogP contribution in [0.5, 0.6) is 11.5 Å². The Labute approximate surface area is 148 Å². The van der Waals surface area contributed by atoms with Crippen molar-refractivity contribution >= 4 is 11.6 Å². The van der Waals surface area contributed by atoms with Crippen LogP contribution in [0, 0.1) is 6.92 Å². The maximum atomic E-state index is 12.0. The molecule has 0 heterocycles. The highest BCUT2D eigenvalue weighted by molar-refractivity contribution is 6.01. The second kappa shape index (κ2) is 8.33. The van der Waals surface area contributed by atoms with Crippen LogP contribution in [-0.4, -0.2) is 23.3 Å². The first-order valence-corrected chi connectivity index (χ1v) is 8.23. The number of phenols is 1. The van der Waals surface area contributed by atoms with E-state index in [1.54, 1.807) is 31.2 Å². The van der Waals surface area contributed by atoms with Gasteiger partial charge in [0.1, 0.15) is 11.5 Å². The second-order valence-corrected chi connectivity index (χ2v) is 6.23. The Kier molecular flexibility index (Phi) is 6.17. The predicted octanol–water partition coefficient (Wildman–Crippen LogP) is 3.74. The molecule has 0 aliphatic carbocycles. The molecule has 0 fully saturated rings. The average molecular weight is 340 g/mol. The molecule has 2 N–H and O–H groups in total. The highest BCUT2D eigenvalue weighted by Crippen LogP contribution is 2.27. The molecule has 0 spiro atoms. The smallest absolute Gasteiger partial charge is 0.277 e. The van der Waals surface area contributed by atoms with Gasteiger partial charge in [-0.15, -0.1) is 0 Å². The number of aryl methyl sites for hydroxylation is 1. The van der Waals surface area contributed by atoms with E-state index in [1.165, 1.54) is 0 Å². The zero-order valence-corrected chi connectivity index (χ0v) is 15.0. The minimum Gasteiger partial charge on any atom is -0.507 e. The number of hydrogen-bond donors (Lipinski definition) is 2. The predicted molar refractivity (Wildman–Crippen MR) is 99.2 cm³/mol. The average Bonchev–Trinajstić information content (AvgIpc) is 2.58. The molecule has 25 heavy (non-hydrogen) atoms. The zero-order chi connectivity index (χ0) is 18.4. The minimum absolute atomic E-state index is 0.121. The molecule has 0 saturated carbocycles. The Morgan fingerprint density at radius 1 is 1.24 bits per heavy atom. The Morgan fingerprint density at radius 3 is 2.64 bits per heavy atom. The maximum Gasteiger partial charge on any atom is 0.277 e. The summed E-state index contributed by atoms with van der Waals surface area (Å²) in [5.74, 6) is 0.785. The Morgan fingerprint density at radius 2 is 1.96 bits per heavy atom. The SMILES string of the molecule is C/C(=N/NC(=O)COc1cc(C)ccc1C(C)C)c1ccccc1O. The number of para-hydroxylation sites is 1. The van der Waals surface area contributed by atoms with Crippen molar-refractivity contribution < 1.29 is 14.6 Å². The molecule has 0 saturated heterocycles. The Bertz CT molecular complexity index is 782. The van der Waals surface area contributed by atoms with Crippen molar-refractivity contribution in [1.82, 2.24) is 5.43 Å². The summed E-state index contributed by atoms with van der Waals surface area (Å²) in [6.07, 6.45) is 0. The number of nitrogens with zero attached hydrogens (tertiary/aromatic N) is 1. The summed E-state index contributed by atoms with van der Waals surface area (Å²) in [5.41, 5.74) is 5.69. The number of carbonyl (C=O) groups is 1. The standard InChI is InChI=1S/C20H24N2O3/c1-13(2)16-10-9-14(3)11-19(16)25-12-20(24)22-21-15(4)17-7-5-6-8-18(17)23/h5-11,13,23H,12H2,1-4H3,(H,22,24)/b21-15-. The molecular formula is C20H24N2O3. The molecule has 2 rings (SSSR count). The highest BCUT2D eigenvalue weighted by Gasteiger charge is 2.10. The monoisotopic (exact) mass is 340 g/mol. The fourth-order valence-electron chi connectivity index (χ4n) is 2.41. The van der Waals surface area contributed by atoms with Crippen LogP contribution in [0.1, 0.15) is 43.4 Å². The summed E-state index contributed by atoms with van der Waals surface area (Å²) < 4.78 is 5.67. The molecule has 0 bridgehead atoms. The van der Waals surface area contributed by atoms with Gasteiger partial charge in [-0.1, -0.05) is 38.1 Å². The molecule has 0 aliphatic heterocycles. The van der Waals surface area contributed by atoms with Crippen LogP contribution in [0.2, 0.25) is 0 Å². The molecule has 5 nitrogen and oxygen atoms in total. The van der Waals surface area contributed by atoms with Gasteiger partial charge >= 0.3 is 0 Å². The number of hydrogen-bond acceptors (Lipinski definition) is 4. The quantitative estimate of drug-likeness (QED) is 0.621. The molecule has 5 heteroatoms. The van der Waals surface area contributed by atoms with Gasteiger partial charge in [0.2, 0.25) is 0 Å². The zero-order valence-electron chi connectivity index (χ0n) is 15.0. The molecule has 0 atom stereocenters. The molecule has 132 valence electrons. The molecule has 0 unspecified atom stereocenters. The highest BCUT2D eigenvalue weighted by atomic mass is 16.5. The first-order valence-electron chi connectivity index (χ1n) is 8.23. The lowest BCUT2D eigenvalue weighted by Gasteiger charge is -2.14. The molecule has 0 aromatic heterocycles. The lowest BCUT2D eigenvalue weighted by molar-refractivity contribution is -0.123. The van der Waals surface area contributed by atoms with Gasteiger partial charge in [-0.3, -0.25) is 4.79 Å². The summed E-state index contributed by atoms with van der Waals surface area (Å²) in [4.78, 5) is 12.0. The molecule has 2 aromatic carbocycles. The van der Waals surface area contributed by atoms with E-state index in [-0.39, 0.29) is 18.3 Å². The number of hydrazone groups is 1. The first-order chi connectivity index (χ1) is 11.9. The van der Waals surface area contributed by atoms with Crippen molar-refractivity contribution in [2.75, 3.05) is 6.61 Å². The molecular weight excluding hydrogens is 316 g/mol. The summed E-state index contributed by atoms with van der Waals surface area (Å²) in [7, 11) is 0. The fourth-order valence-corrected chi connectivity index (χ4v) is 2.41. The summed E-state index contributed by atoms with van der Waals surface area (Å²) in [5, 5.41) is 13.8. The molecule has 1 amide bonds. The largest absolute Gasteiger partial charge is 0.507 e. The number of nitrogens with one attached hydrogen (secondary N) is 1. The van der Waals surface area contributed by atoms with E-state index in [9.17, 15) is 9.90 Å². The van der Waals surface area contributed by atoms with Gasteiger partial charge in [0.25, 0.3) is 5.91 Å². The summed E-state index contributed by atoms with van der Waals surface area (Å²) >= 11 is 0. The van der Waals surface area contributed by atoms with E-state index in [0.29, 0.717) is 22.9 Å². The lowest BCUT2D eigenvalue weighted by atomic mass is 10.0. The first kappa shape index (κ1) is 18.5. The summed E-state index contributed by atoms with van der Waals surface area (Å²) in [6.45, 7) is 7.74. The number of phenolic OH excluding ortho intramolecular Hbond substituents is 1. The Hall–Kier alpha value is -2.82. The second-order valence-electron chi connectivity index (χ2n) is 6.23. The lowest BCUT2D eigenvalue weighted by Crippen LogP contribution is -2.26. The third-order valence-electron chi connectivity index (χ3n) is 3.79. The third kappa shape index (κ3) is 5.08. The van der Waals surface area contributed by atoms with E-state index < -0.39 is 0 Å². The third-order valence-corrected chi connectivity index (χ3v) is 3.79. The van der Waals surface area contributed by atoms with Gasteiger partial charge in [-0.05, 0) is 49.1 Å². The van der Waals surface area contributed by atoms with Crippen molar-refractivity contribution in [3.63, 3.8) is 0 Å². The maximum absolute atomic E-state index is 12.0. The van der Waals surface area contributed by atoms with Crippen LogP contribution < -0.4 is 10.2 Å². The van der Waals surface area contributed by atoms with Crippen LogP contribution in [0.15, 0.2) is 47.6 Å². The number of carbonyl (C=O) groups excluding carboxylic acids is 1. The fraction of sp³-hybridized carbons (Fsp3) is 0.300. The van der Waals surface area contributed by atoms with Crippen LogP contribution in [-0.2, 0) is 4.79 Å². The van der Waals surface area contributed by atoms with E-state index in [2.05, 4.69) is 24.4 Å². The normalized spacial score (nSPS) is 11.5.